The number of nitrogens with zero attached hydrogens (tertiary/aromatic N) is 2. The molecule has 0 aliphatic carbocycles. The summed E-state index contributed by atoms with van der Waals surface area (Å²) in [5.74, 6) is 1.18. The Kier molecular flexibility index (Phi) is 4.84. The van der Waals surface area contributed by atoms with Crippen LogP contribution in [0.4, 0.5) is 0 Å². The number of carbonyl (C=O) groups excluding carboxylic acids is 2. The summed E-state index contributed by atoms with van der Waals surface area (Å²) >= 11 is 0. The van der Waals surface area contributed by atoms with E-state index in [1.165, 1.54) is 0 Å². The average molecular weight is 364 g/mol. The minimum atomic E-state index is -0.351. The van der Waals surface area contributed by atoms with Crippen LogP contribution in [0, 0.1) is 5.92 Å². The third kappa shape index (κ3) is 3.54. The molecule has 2 atom stereocenters. The van der Waals surface area contributed by atoms with Gasteiger partial charge in [0.05, 0.1) is 7.11 Å². The molecule has 2 heterocycles. The van der Waals surface area contributed by atoms with Gasteiger partial charge in [-0.1, -0.05) is 30.3 Å². The smallest absolute Gasteiger partial charge is 0.254 e. The van der Waals surface area contributed by atoms with E-state index in [1.807, 2.05) is 35.2 Å². The first kappa shape index (κ1) is 17.6. The Morgan fingerprint density at radius 2 is 1.85 bits per heavy atom. The van der Waals surface area contributed by atoms with E-state index in [4.69, 9.17) is 4.74 Å². The number of ether oxygens (including phenoxy) is 1. The zero-order valence-electron chi connectivity index (χ0n) is 15.5. The van der Waals surface area contributed by atoms with E-state index in [-0.39, 0.29) is 17.9 Å². The van der Waals surface area contributed by atoms with Crippen molar-refractivity contribution in [3.8, 4) is 5.75 Å². The lowest BCUT2D eigenvalue weighted by Gasteiger charge is -2.46. The van der Waals surface area contributed by atoms with Gasteiger partial charge >= 0.3 is 0 Å². The zero-order valence-corrected chi connectivity index (χ0v) is 15.5. The molecule has 2 saturated heterocycles. The highest BCUT2D eigenvalue weighted by molar-refractivity contribution is 5.98. The van der Waals surface area contributed by atoms with Gasteiger partial charge in [-0.2, -0.15) is 0 Å². The Labute approximate surface area is 159 Å². The quantitative estimate of drug-likeness (QED) is 0.838. The number of benzene rings is 2. The van der Waals surface area contributed by atoms with Crippen molar-refractivity contribution >= 4 is 11.8 Å². The van der Waals surface area contributed by atoms with Crippen molar-refractivity contribution in [3.63, 3.8) is 0 Å². The molecule has 2 aliphatic heterocycles. The number of carbonyl (C=O) groups is 2. The summed E-state index contributed by atoms with van der Waals surface area (Å²) in [7, 11) is 1.60. The third-order valence-corrected chi connectivity index (χ3v) is 5.60. The summed E-state index contributed by atoms with van der Waals surface area (Å²) in [5.41, 5.74) is 1.72. The predicted octanol–water partition coefficient (Wildman–Crippen LogP) is 2.96. The van der Waals surface area contributed by atoms with Crippen molar-refractivity contribution < 1.29 is 14.3 Å². The van der Waals surface area contributed by atoms with E-state index >= 15 is 0 Å². The molecule has 2 amide bonds. The Balaban J connectivity index is 1.52. The number of hydrogen-bond donors (Lipinski definition) is 0. The fraction of sp³-hybridized carbons (Fsp3) is 0.364. The summed E-state index contributed by atoms with van der Waals surface area (Å²) in [4.78, 5) is 29.8. The Morgan fingerprint density at radius 3 is 2.56 bits per heavy atom. The maximum atomic E-state index is 13.1. The lowest BCUT2D eigenvalue weighted by molar-refractivity contribution is -0.144. The molecule has 0 saturated carbocycles. The molecule has 4 rings (SSSR count). The molecule has 0 unspecified atom stereocenters. The molecule has 5 nitrogen and oxygen atoms in total. The molecule has 5 heteroatoms. The first-order valence-corrected chi connectivity index (χ1v) is 9.43. The van der Waals surface area contributed by atoms with Gasteiger partial charge in [0, 0.05) is 25.2 Å². The molecule has 2 fully saturated rings. The van der Waals surface area contributed by atoms with Crippen LogP contribution >= 0.6 is 0 Å². The Hall–Kier alpha value is -2.82. The van der Waals surface area contributed by atoms with Gasteiger partial charge in [-0.3, -0.25) is 9.59 Å². The maximum absolute atomic E-state index is 13.1. The first-order chi connectivity index (χ1) is 13.2. The Bertz CT molecular complexity index is 819. The molecule has 0 spiro atoms. The number of rotatable bonds is 4. The number of hydrogen-bond acceptors (Lipinski definition) is 3. The largest absolute Gasteiger partial charge is 0.497 e. The van der Waals surface area contributed by atoms with Gasteiger partial charge < -0.3 is 14.5 Å². The van der Waals surface area contributed by atoms with Crippen molar-refractivity contribution in [2.75, 3.05) is 20.2 Å². The fourth-order valence-corrected chi connectivity index (χ4v) is 4.14. The highest BCUT2D eigenvalue weighted by Gasteiger charge is 2.43. The maximum Gasteiger partial charge on any atom is 0.254 e. The van der Waals surface area contributed by atoms with E-state index < -0.39 is 0 Å². The molecule has 2 aromatic rings. The standard InChI is InChI=1S/C22H24N2O3/c1-27-19-9-7-18(8-10-19)21(25)24-12-11-17-13-20(24)22(26)23(15-17)14-16-5-3-2-4-6-16/h2-10,17,20H,11-15H2,1H3/t17-,20+/m0/s1. The molecule has 27 heavy (non-hydrogen) atoms. The molecule has 140 valence electrons. The molecule has 2 bridgehead atoms. The lowest BCUT2D eigenvalue weighted by atomic mass is 9.85. The third-order valence-electron chi connectivity index (χ3n) is 5.60. The van der Waals surface area contributed by atoms with Crippen LogP contribution in [-0.4, -0.2) is 47.9 Å². The van der Waals surface area contributed by atoms with Crippen LogP contribution in [0.15, 0.2) is 54.6 Å². The summed E-state index contributed by atoms with van der Waals surface area (Å²) in [6.45, 7) is 2.04. The van der Waals surface area contributed by atoms with Crippen LogP contribution in [0.2, 0.25) is 0 Å². The van der Waals surface area contributed by atoms with Gasteiger partial charge in [0.15, 0.2) is 0 Å². The molecular formula is C22H24N2O3. The van der Waals surface area contributed by atoms with Gasteiger partial charge in [0.25, 0.3) is 5.91 Å². The molecular weight excluding hydrogens is 340 g/mol. The van der Waals surface area contributed by atoms with E-state index in [0.717, 1.165) is 24.9 Å². The molecule has 0 radical (unpaired) electrons. The number of amides is 2. The fourth-order valence-electron chi connectivity index (χ4n) is 4.14. The zero-order chi connectivity index (χ0) is 18.8. The topological polar surface area (TPSA) is 49.9 Å². The Morgan fingerprint density at radius 1 is 1.11 bits per heavy atom. The number of fused-ring (bicyclic) bond motifs is 2. The van der Waals surface area contributed by atoms with Gasteiger partial charge in [0.2, 0.25) is 5.91 Å². The van der Waals surface area contributed by atoms with Gasteiger partial charge in [0.1, 0.15) is 11.8 Å². The number of methoxy groups -OCH3 is 1. The van der Waals surface area contributed by atoms with Crippen LogP contribution in [0.5, 0.6) is 5.75 Å². The predicted molar refractivity (Wildman–Crippen MR) is 102 cm³/mol. The van der Waals surface area contributed by atoms with Crippen molar-refractivity contribution in [2.45, 2.75) is 25.4 Å². The molecule has 0 aromatic heterocycles. The van der Waals surface area contributed by atoms with E-state index in [1.54, 1.807) is 36.3 Å². The summed E-state index contributed by atoms with van der Waals surface area (Å²) in [6, 6.07) is 16.8. The lowest BCUT2D eigenvalue weighted by Crippen LogP contribution is -2.59. The molecule has 0 N–H and O–H groups in total. The first-order valence-electron chi connectivity index (χ1n) is 9.43. The van der Waals surface area contributed by atoms with Crippen LogP contribution in [0.3, 0.4) is 0 Å². The minimum Gasteiger partial charge on any atom is -0.497 e. The summed E-state index contributed by atoms with van der Waals surface area (Å²) < 4.78 is 5.16. The summed E-state index contributed by atoms with van der Waals surface area (Å²) in [6.07, 6.45) is 1.71. The number of likely N-dealkylation sites (tertiary alicyclic amines) is 2. The number of piperidine rings is 2. The van der Waals surface area contributed by atoms with E-state index in [9.17, 15) is 9.59 Å². The second kappa shape index (κ2) is 7.43. The van der Waals surface area contributed by atoms with E-state index in [2.05, 4.69) is 0 Å². The molecule has 2 aromatic carbocycles. The summed E-state index contributed by atoms with van der Waals surface area (Å²) in [5, 5.41) is 0. The van der Waals surface area contributed by atoms with Gasteiger partial charge in [-0.25, -0.2) is 0 Å². The van der Waals surface area contributed by atoms with Crippen molar-refractivity contribution in [2.24, 2.45) is 5.92 Å². The van der Waals surface area contributed by atoms with Crippen molar-refractivity contribution in [3.05, 3.63) is 65.7 Å². The van der Waals surface area contributed by atoms with Crippen molar-refractivity contribution in [1.82, 2.24) is 9.80 Å². The SMILES string of the molecule is COc1ccc(C(=O)N2CC[C@H]3C[C@@H]2C(=O)N(Cc2ccccc2)C3)cc1. The second-order valence-corrected chi connectivity index (χ2v) is 7.34. The van der Waals surface area contributed by atoms with E-state index in [0.29, 0.717) is 30.3 Å². The van der Waals surface area contributed by atoms with Crippen LogP contribution in [0.1, 0.15) is 28.8 Å². The van der Waals surface area contributed by atoms with Crippen LogP contribution < -0.4 is 4.74 Å². The molecule has 2 aliphatic rings. The normalized spacial score (nSPS) is 21.9. The van der Waals surface area contributed by atoms with Gasteiger partial charge in [-0.05, 0) is 48.6 Å². The highest BCUT2D eigenvalue weighted by Crippen LogP contribution is 2.32. The van der Waals surface area contributed by atoms with Crippen LogP contribution in [0.25, 0.3) is 0 Å². The highest BCUT2D eigenvalue weighted by atomic mass is 16.5. The minimum absolute atomic E-state index is 0.0664. The van der Waals surface area contributed by atoms with Crippen LogP contribution in [-0.2, 0) is 11.3 Å². The monoisotopic (exact) mass is 364 g/mol. The van der Waals surface area contributed by atoms with Gasteiger partial charge in [-0.15, -0.1) is 0 Å². The average Bonchev–Trinajstić information content (AvgIpc) is 2.72. The van der Waals surface area contributed by atoms with Crippen molar-refractivity contribution in [1.29, 1.82) is 0 Å². The second-order valence-electron chi connectivity index (χ2n) is 7.34.